The number of amides is 1. The molecule has 3 aromatic rings. The van der Waals surface area contributed by atoms with Gasteiger partial charge in [0.05, 0.1) is 17.6 Å². The Hall–Kier alpha value is -2.80. The molecule has 0 aliphatic carbocycles. The van der Waals surface area contributed by atoms with Crippen LogP contribution in [-0.4, -0.2) is 50.4 Å². The fourth-order valence-electron chi connectivity index (χ4n) is 4.04. The van der Waals surface area contributed by atoms with E-state index in [0.717, 1.165) is 54.5 Å². The van der Waals surface area contributed by atoms with Crippen LogP contribution in [0.25, 0.3) is 22.0 Å². The molecule has 1 fully saturated rings. The summed E-state index contributed by atoms with van der Waals surface area (Å²) in [6.45, 7) is 7.37. The van der Waals surface area contributed by atoms with Crippen LogP contribution in [-0.2, 0) is 11.8 Å². The number of carbonyl (C=O) groups is 1. The van der Waals surface area contributed by atoms with E-state index in [1.54, 1.807) is 4.68 Å². The molecule has 1 aliphatic rings. The van der Waals surface area contributed by atoms with Crippen LogP contribution in [0.4, 0.5) is 5.82 Å². The summed E-state index contributed by atoms with van der Waals surface area (Å²) in [5.74, 6) is 1.15. The zero-order chi connectivity index (χ0) is 20.4. The fourth-order valence-corrected chi connectivity index (χ4v) is 4.04. The Morgan fingerprint density at radius 2 is 2.10 bits per heavy atom. The topological polar surface area (TPSA) is 75.9 Å². The number of aryl methyl sites for hydroxylation is 1. The Balaban J connectivity index is 1.49. The van der Waals surface area contributed by atoms with Crippen LogP contribution in [0.1, 0.15) is 26.7 Å². The Morgan fingerprint density at radius 3 is 2.86 bits per heavy atom. The third kappa shape index (κ3) is 4.62. The lowest BCUT2D eigenvalue weighted by Crippen LogP contribution is -2.42. The average Bonchev–Trinajstić information content (AvgIpc) is 3.13. The molecule has 1 atom stereocenters. The Kier molecular flexibility index (Phi) is 5.58. The van der Waals surface area contributed by atoms with E-state index in [9.17, 15) is 4.79 Å². The summed E-state index contributed by atoms with van der Waals surface area (Å²) in [4.78, 5) is 15.2. The van der Waals surface area contributed by atoms with Gasteiger partial charge in [-0.15, -0.1) is 10.2 Å². The number of rotatable bonds is 5. The number of nitrogens with one attached hydrogen (secondary N) is 1. The minimum absolute atomic E-state index is 0.00160. The monoisotopic (exact) mass is 392 g/mol. The molecule has 1 amide bonds. The number of aromatic nitrogens is 4. The third-order valence-electron chi connectivity index (χ3n) is 5.37. The van der Waals surface area contributed by atoms with E-state index in [1.165, 1.54) is 0 Å². The number of likely N-dealkylation sites (tertiary alicyclic amines) is 1. The first-order valence-corrected chi connectivity index (χ1v) is 10.3. The van der Waals surface area contributed by atoms with Crippen LogP contribution in [0.3, 0.4) is 0 Å². The molecule has 1 aliphatic heterocycles. The fraction of sp³-hybridized carbons (Fsp3) is 0.455. The molecule has 0 bridgehead atoms. The van der Waals surface area contributed by atoms with E-state index in [2.05, 4.69) is 45.4 Å². The number of nitrogens with zero attached hydrogens (tertiary/aromatic N) is 5. The van der Waals surface area contributed by atoms with Gasteiger partial charge in [-0.2, -0.15) is 5.10 Å². The van der Waals surface area contributed by atoms with Gasteiger partial charge in [-0.25, -0.2) is 0 Å². The Bertz CT molecular complexity index is 1010. The zero-order valence-corrected chi connectivity index (χ0v) is 17.3. The van der Waals surface area contributed by atoms with Crippen molar-refractivity contribution in [3.8, 4) is 11.1 Å². The highest BCUT2D eigenvalue weighted by molar-refractivity contribution is 5.94. The summed E-state index contributed by atoms with van der Waals surface area (Å²) >= 11 is 0. The molecular formula is C22H28N6O. The van der Waals surface area contributed by atoms with Gasteiger partial charge in [0.25, 0.3) is 0 Å². The number of fused-ring (bicyclic) bond motifs is 1. The van der Waals surface area contributed by atoms with Crippen molar-refractivity contribution in [1.82, 2.24) is 24.9 Å². The molecule has 0 spiro atoms. The second-order valence-corrected chi connectivity index (χ2v) is 8.39. The highest BCUT2D eigenvalue weighted by Gasteiger charge is 2.26. The Morgan fingerprint density at radius 1 is 1.24 bits per heavy atom. The summed E-state index contributed by atoms with van der Waals surface area (Å²) in [5.41, 5.74) is 2.91. The first-order valence-electron chi connectivity index (χ1n) is 10.3. The van der Waals surface area contributed by atoms with Crippen molar-refractivity contribution in [3.05, 3.63) is 36.7 Å². The van der Waals surface area contributed by atoms with Crippen molar-refractivity contribution in [3.63, 3.8) is 0 Å². The number of benzene rings is 1. The predicted octanol–water partition coefficient (Wildman–Crippen LogP) is 3.34. The van der Waals surface area contributed by atoms with Gasteiger partial charge in [-0.1, -0.05) is 19.9 Å². The van der Waals surface area contributed by atoms with E-state index in [0.29, 0.717) is 11.7 Å². The normalized spacial score (nSPS) is 17.7. The van der Waals surface area contributed by atoms with Gasteiger partial charge in [0.15, 0.2) is 5.82 Å². The number of anilines is 1. The second-order valence-electron chi connectivity index (χ2n) is 8.39. The lowest BCUT2D eigenvalue weighted by atomic mass is 9.96. The Labute approximate surface area is 171 Å². The highest BCUT2D eigenvalue weighted by Crippen LogP contribution is 2.25. The van der Waals surface area contributed by atoms with E-state index in [-0.39, 0.29) is 11.8 Å². The third-order valence-corrected chi connectivity index (χ3v) is 5.37. The van der Waals surface area contributed by atoms with E-state index in [1.807, 2.05) is 37.6 Å². The zero-order valence-electron chi connectivity index (χ0n) is 17.3. The maximum Gasteiger partial charge on any atom is 0.229 e. The van der Waals surface area contributed by atoms with Crippen molar-refractivity contribution >= 4 is 22.6 Å². The summed E-state index contributed by atoms with van der Waals surface area (Å²) in [7, 11) is 1.90. The number of hydrogen-bond acceptors (Lipinski definition) is 5. The van der Waals surface area contributed by atoms with Crippen molar-refractivity contribution in [1.29, 1.82) is 0 Å². The van der Waals surface area contributed by atoms with Gasteiger partial charge < -0.3 is 10.2 Å². The minimum Gasteiger partial charge on any atom is -0.309 e. The molecule has 1 aromatic carbocycles. The molecule has 1 saturated heterocycles. The van der Waals surface area contributed by atoms with Crippen LogP contribution in [0.5, 0.6) is 0 Å². The van der Waals surface area contributed by atoms with Crippen LogP contribution >= 0.6 is 0 Å². The molecule has 7 heteroatoms. The van der Waals surface area contributed by atoms with Gasteiger partial charge in [0.2, 0.25) is 5.91 Å². The SMILES string of the molecule is CC(C)CN1CCC[C@@H](C(=O)Nc2cc3cc(-c4cnn(C)c4)ccc3nn2)C1. The van der Waals surface area contributed by atoms with Gasteiger partial charge in [-0.05, 0) is 49.1 Å². The van der Waals surface area contributed by atoms with Crippen molar-refractivity contribution in [2.75, 3.05) is 25.0 Å². The first-order chi connectivity index (χ1) is 14.0. The van der Waals surface area contributed by atoms with E-state index in [4.69, 9.17) is 0 Å². The van der Waals surface area contributed by atoms with Gasteiger partial charge in [-0.3, -0.25) is 9.48 Å². The molecule has 3 heterocycles. The number of hydrogen-bond donors (Lipinski definition) is 1. The van der Waals surface area contributed by atoms with E-state index < -0.39 is 0 Å². The smallest absolute Gasteiger partial charge is 0.229 e. The molecule has 4 rings (SSSR count). The molecular weight excluding hydrogens is 364 g/mol. The van der Waals surface area contributed by atoms with E-state index >= 15 is 0 Å². The van der Waals surface area contributed by atoms with Gasteiger partial charge >= 0.3 is 0 Å². The molecule has 7 nitrogen and oxygen atoms in total. The second kappa shape index (κ2) is 8.29. The van der Waals surface area contributed by atoms with Crippen LogP contribution in [0.15, 0.2) is 36.7 Å². The van der Waals surface area contributed by atoms with Gasteiger partial charge in [0, 0.05) is 37.3 Å². The quantitative estimate of drug-likeness (QED) is 0.721. The maximum atomic E-state index is 12.8. The van der Waals surface area contributed by atoms with Crippen LogP contribution in [0.2, 0.25) is 0 Å². The largest absolute Gasteiger partial charge is 0.309 e. The molecule has 152 valence electrons. The lowest BCUT2D eigenvalue weighted by molar-refractivity contribution is -0.121. The summed E-state index contributed by atoms with van der Waals surface area (Å²) in [6.07, 6.45) is 5.80. The number of carbonyl (C=O) groups excluding carboxylic acids is 1. The van der Waals surface area contributed by atoms with Crippen molar-refractivity contribution in [2.45, 2.75) is 26.7 Å². The van der Waals surface area contributed by atoms with Crippen molar-refractivity contribution < 1.29 is 4.79 Å². The molecule has 0 radical (unpaired) electrons. The highest BCUT2D eigenvalue weighted by atomic mass is 16.2. The molecule has 29 heavy (non-hydrogen) atoms. The molecule has 0 saturated carbocycles. The maximum absolute atomic E-state index is 12.8. The average molecular weight is 393 g/mol. The minimum atomic E-state index is 0.00160. The lowest BCUT2D eigenvalue weighted by Gasteiger charge is -2.32. The van der Waals surface area contributed by atoms with Gasteiger partial charge in [0.1, 0.15) is 0 Å². The summed E-state index contributed by atoms with van der Waals surface area (Å²) in [6, 6.07) is 7.91. The molecule has 2 aromatic heterocycles. The van der Waals surface area contributed by atoms with Crippen LogP contribution < -0.4 is 5.32 Å². The molecule has 1 N–H and O–H groups in total. The standard InChI is InChI=1S/C22H28N6O/c1-15(2)12-28-8-4-5-17(14-28)22(29)24-21-10-18-9-16(6-7-20(18)25-26-21)19-11-23-27(3)13-19/h6-7,9-11,13,15,17H,4-5,8,12,14H2,1-3H3,(H,24,26,29)/t17-/m1/s1. The predicted molar refractivity (Wildman–Crippen MR) is 114 cm³/mol. The number of piperidine rings is 1. The summed E-state index contributed by atoms with van der Waals surface area (Å²) < 4.78 is 1.78. The van der Waals surface area contributed by atoms with Crippen molar-refractivity contribution in [2.24, 2.45) is 18.9 Å². The van der Waals surface area contributed by atoms with Crippen LogP contribution in [0, 0.1) is 11.8 Å². The first kappa shape index (κ1) is 19.5. The molecule has 0 unspecified atom stereocenters. The summed E-state index contributed by atoms with van der Waals surface area (Å²) in [5, 5.41) is 16.6.